The number of imidazole rings is 1. The lowest BCUT2D eigenvalue weighted by molar-refractivity contribution is -0.137. The number of fused-ring (bicyclic) bond motifs is 1. The quantitative estimate of drug-likeness (QED) is 0.389. The summed E-state index contributed by atoms with van der Waals surface area (Å²) in [6, 6.07) is 9.30. The van der Waals surface area contributed by atoms with Gasteiger partial charge in [0, 0.05) is 12.1 Å². The van der Waals surface area contributed by atoms with Crippen LogP contribution in [0.1, 0.15) is 30.1 Å². The molecule has 4 unspecified atom stereocenters. The van der Waals surface area contributed by atoms with Crippen molar-refractivity contribution < 1.29 is 19.7 Å². The second kappa shape index (κ2) is 9.22. The molecule has 1 saturated heterocycles. The van der Waals surface area contributed by atoms with E-state index in [1.807, 2.05) is 12.1 Å². The number of benzene rings is 1. The molecule has 0 bridgehead atoms. The predicted octanol–water partition coefficient (Wildman–Crippen LogP) is -0.370. The Balaban J connectivity index is 1.65. The summed E-state index contributed by atoms with van der Waals surface area (Å²) in [6.45, 7) is 2.09. The standard InChI is InChI=1S/C22H21N7O4/c1-2-25-21(32)18-16(30)17(31)22(33-18)29-11-26-15-19(24)27-14(28-20(15)29)8-7-12-3-5-13(6-4-12)9-10-23/h3-6,11,16-18,22,30-31H,2,9H2,1H3,(H,25,32)(H2,24,27,28). The normalized spacial score (nSPS) is 21.9. The van der Waals surface area contributed by atoms with Crippen LogP contribution in [0.15, 0.2) is 30.6 Å². The number of aliphatic hydroxyl groups excluding tert-OH is 2. The molecule has 11 nitrogen and oxygen atoms in total. The first-order chi connectivity index (χ1) is 15.9. The fourth-order valence-electron chi connectivity index (χ4n) is 3.49. The number of anilines is 1. The molecule has 168 valence electrons. The van der Waals surface area contributed by atoms with Gasteiger partial charge in [-0.3, -0.25) is 9.36 Å². The molecule has 11 heteroatoms. The minimum absolute atomic E-state index is 0.0840. The van der Waals surface area contributed by atoms with E-state index in [0.29, 0.717) is 18.5 Å². The molecule has 4 rings (SSSR count). The molecule has 1 fully saturated rings. The van der Waals surface area contributed by atoms with Crippen molar-refractivity contribution in [2.45, 2.75) is 37.9 Å². The number of nitrogens with two attached hydrogens (primary N) is 1. The van der Waals surface area contributed by atoms with Gasteiger partial charge >= 0.3 is 0 Å². The molecule has 2 aromatic heterocycles. The number of rotatable bonds is 4. The van der Waals surface area contributed by atoms with Crippen LogP contribution < -0.4 is 11.1 Å². The third kappa shape index (κ3) is 4.33. The van der Waals surface area contributed by atoms with E-state index in [-0.39, 0.29) is 22.8 Å². The molecular weight excluding hydrogens is 426 g/mol. The van der Waals surface area contributed by atoms with Gasteiger partial charge in [0.15, 0.2) is 23.8 Å². The van der Waals surface area contributed by atoms with E-state index in [9.17, 15) is 15.0 Å². The van der Waals surface area contributed by atoms with E-state index in [1.165, 1.54) is 10.9 Å². The molecule has 0 spiro atoms. The fraction of sp³-hybridized carbons (Fsp3) is 0.318. The lowest BCUT2D eigenvalue weighted by Gasteiger charge is -2.16. The van der Waals surface area contributed by atoms with Crippen LogP contribution in [-0.4, -0.2) is 60.5 Å². The van der Waals surface area contributed by atoms with Crippen LogP contribution in [0.5, 0.6) is 0 Å². The highest BCUT2D eigenvalue weighted by Crippen LogP contribution is 2.32. The van der Waals surface area contributed by atoms with Gasteiger partial charge in [0.05, 0.1) is 18.8 Å². The zero-order chi connectivity index (χ0) is 23.5. The van der Waals surface area contributed by atoms with Crippen molar-refractivity contribution in [1.82, 2.24) is 24.8 Å². The van der Waals surface area contributed by atoms with E-state index in [1.54, 1.807) is 19.1 Å². The molecule has 1 aliphatic rings. The molecule has 1 aliphatic heterocycles. The van der Waals surface area contributed by atoms with Crippen LogP contribution >= 0.6 is 0 Å². The monoisotopic (exact) mass is 447 g/mol. The SMILES string of the molecule is CCNC(=O)C1OC(n2cnc3c(N)nc(C#Cc4ccc(CC#N)cc4)nc32)C(O)C1O. The molecule has 3 heterocycles. The smallest absolute Gasteiger partial charge is 0.252 e. The Hall–Kier alpha value is -4.03. The number of nitriles is 1. The molecule has 3 aromatic rings. The van der Waals surface area contributed by atoms with Gasteiger partial charge in [0.2, 0.25) is 5.82 Å². The molecular formula is C22H21N7O4. The number of nitrogens with zero attached hydrogens (tertiary/aromatic N) is 5. The minimum Gasteiger partial charge on any atom is -0.387 e. The number of hydrogen-bond donors (Lipinski definition) is 4. The van der Waals surface area contributed by atoms with Gasteiger partial charge in [-0.05, 0) is 30.5 Å². The summed E-state index contributed by atoms with van der Waals surface area (Å²) in [5.41, 5.74) is 8.13. The maximum Gasteiger partial charge on any atom is 0.252 e. The Morgan fingerprint density at radius 2 is 2.00 bits per heavy atom. The zero-order valence-electron chi connectivity index (χ0n) is 17.6. The molecule has 5 N–H and O–H groups in total. The Morgan fingerprint density at radius 1 is 1.24 bits per heavy atom. The first kappa shape index (κ1) is 22.2. The average Bonchev–Trinajstić information content (AvgIpc) is 3.35. The van der Waals surface area contributed by atoms with Crippen LogP contribution in [0.2, 0.25) is 0 Å². The number of carbonyl (C=O) groups is 1. The summed E-state index contributed by atoms with van der Waals surface area (Å²) in [5.74, 6) is 5.46. The first-order valence-corrected chi connectivity index (χ1v) is 10.2. The summed E-state index contributed by atoms with van der Waals surface area (Å²) < 4.78 is 7.03. The minimum atomic E-state index is -1.43. The summed E-state index contributed by atoms with van der Waals surface area (Å²) in [5, 5.41) is 32.1. The molecule has 1 aromatic carbocycles. The molecule has 1 amide bonds. The molecule has 0 radical (unpaired) electrons. The van der Waals surface area contributed by atoms with Crippen molar-refractivity contribution in [3.05, 3.63) is 47.5 Å². The topological polar surface area (TPSA) is 172 Å². The van der Waals surface area contributed by atoms with Gasteiger partial charge in [0.1, 0.15) is 17.7 Å². The lowest BCUT2D eigenvalue weighted by atomic mass is 10.1. The number of aromatic nitrogens is 4. The Labute approximate surface area is 188 Å². The number of amides is 1. The van der Waals surface area contributed by atoms with Crippen molar-refractivity contribution in [2.24, 2.45) is 0 Å². The zero-order valence-corrected chi connectivity index (χ0v) is 17.6. The van der Waals surface area contributed by atoms with E-state index in [2.05, 4.69) is 38.2 Å². The number of nitrogen functional groups attached to an aromatic ring is 1. The van der Waals surface area contributed by atoms with E-state index >= 15 is 0 Å². The van der Waals surface area contributed by atoms with Crippen molar-refractivity contribution in [3.63, 3.8) is 0 Å². The number of aliphatic hydroxyl groups is 2. The lowest BCUT2D eigenvalue weighted by Crippen LogP contribution is -2.42. The van der Waals surface area contributed by atoms with Crippen LogP contribution in [0.4, 0.5) is 5.82 Å². The maximum absolute atomic E-state index is 12.2. The number of likely N-dealkylation sites (N-methyl/N-ethyl adjacent to an activating group) is 1. The van der Waals surface area contributed by atoms with E-state index in [4.69, 9.17) is 15.7 Å². The highest BCUT2D eigenvalue weighted by Gasteiger charge is 2.47. The van der Waals surface area contributed by atoms with Crippen LogP contribution in [-0.2, 0) is 16.0 Å². The average molecular weight is 447 g/mol. The largest absolute Gasteiger partial charge is 0.387 e. The van der Waals surface area contributed by atoms with Crippen molar-refractivity contribution in [2.75, 3.05) is 12.3 Å². The Kier molecular flexibility index (Phi) is 6.20. The second-order valence-electron chi connectivity index (χ2n) is 7.36. The number of carbonyl (C=O) groups excluding carboxylic acids is 1. The third-order valence-electron chi connectivity index (χ3n) is 5.13. The molecule has 33 heavy (non-hydrogen) atoms. The molecule has 4 atom stereocenters. The summed E-state index contributed by atoms with van der Waals surface area (Å²) in [4.78, 5) is 24.9. The fourth-order valence-corrected chi connectivity index (χ4v) is 3.49. The Morgan fingerprint density at radius 3 is 2.70 bits per heavy atom. The van der Waals surface area contributed by atoms with Crippen LogP contribution in [0.3, 0.4) is 0 Å². The van der Waals surface area contributed by atoms with E-state index < -0.39 is 30.4 Å². The predicted molar refractivity (Wildman–Crippen MR) is 116 cm³/mol. The number of nitrogens with one attached hydrogen (secondary N) is 1. The van der Waals surface area contributed by atoms with Gasteiger partial charge in [-0.2, -0.15) is 5.26 Å². The highest BCUT2D eigenvalue weighted by molar-refractivity contribution is 5.83. The van der Waals surface area contributed by atoms with Crippen LogP contribution in [0.25, 0.3) is 11.2 Å². The van der Waals surface area contributed by atoms with Crippen molar-refractivity contribution >= 4 is 22.9 Å². The van der Waals surface area contributed by atoms with Gasteiger partial charge in [0.25, 0.3) is 5.91 Å². The van der Waals surface area contributed by atoms with Crippen molar-refractivity contribution in [3.8, 4) is 17.9 Å². The summed E-state index contributed by atoms with van der Waals surface area (Å²) >= 11 is 0. The van der Waals surface area contributed by atoms with Gasteiger partial charge < -0.3 is 26.0 Å². The highest BCUT2D eigenvalue weighted by atomic mass is 16.6. The van der Waals surface area contributed by atoms with Crippen molar-refractivity contribution in [1.29, 1.82) is 5.26 Å². The van der Waals surface area contributed by atoms with E-state index in [0.717, 1.165) is 5.56 Å². The van der Waals surface area contributed by atoms with Gasteiger partial charge in [-0.1, -0.05) is 18.1 Å². The summed E-state index contributed by atoms with van der Waals surface area (Å²) in [7, 11) is 0. The first-order valence-electron chi connectivity index (χ1n) is 10.2. The van der Waals surface area contributed by atoms with Crippen LogP contribution in [0, 0.1) is 23.2 Å². The second-order valence-corrected chi connectivity index (χ2v) is 7.36. The maximum atomic E-state index is 12.2. The summed E-state index contributed by atoms with van der Waals surface area (Å²) in [6.07, 6.45) is -3.51. The third-order valence-corrected chi connectivity index (χ3v) is 5.13. The number of ether oxygens (including phenoxy) is 1. The molecule has 0 aliphatic carbocycles. The molecule has 0 saturated carbocycles. The Bertz CT molecular complexity index is 1290. The van der Waals surface area contributed by atoms with Gasteiger partial charge in [-0.15, -0.1) is 0 Å². The van der Waals surface area contributed by atoms with Gasteiger partial charge in [-0.25, -0.2) is 15.0 Å². The number of hydrogen-bond acceptors (Lipinski definition) is 9.